The number of hydrogen-bond acceptors (Lipinski definition) is 6. The first-order valence-electron chi connectivity index (χ1n) is 5.57. The van der Waals surface area contributed by atoms with Gasteiger partial charge in [-0.25, -0.2) is 0 Å². The highest BCUT2D eigenvalue weighted by molar-refractivity contribution is 4.93. The minimum Gasteiger partial charge on any atom is -0.376 e. The molecule has 16 heavy (non-hydrogen) atoms. The topological polar surface area (TPSA) is 83.4 Å². The smallest absolute Gasteiger partial charge is 0.258 e. The predicted molar refractivity (Wildman–Crippen MR) is 55.8 cm³/mol. The van der Waals surface area contributed by atoms with E-state index < -0.39 is 0 Å². The van der Waals surface area contributed by atoms with Crippen LogP contribution in [0.2, 0.25) is 0 Å². The third kappa shape index (κ3) is 2.78. The van der Waals surface area contributed by atoms with Gasteiger partial charge in [0.2, 0.25) is 0 Å². The summed E-state index contributed by atoms with van der Waals surface area (Å²) >= 11 is 0. The number of ether oxygens (including phenoxy) is 2. The first kappa shape index (κ1) is 11.5. The van der Waals surface area contributed by atoms with Crippen LogP contribution in [0, 0.1) is 0 Å². The van der Waals surface area contributed by atoms with Gasteiger partial charge < -0.3 is 19.7 Å². The van der Waals surface area contributed by atoms with Crippen LogP contribution in [0.1, 0.15) is 31.2 Å². The van der Waals surface area contributed by atoms with Gasteiger partial charge in [0.05, 0.1) is 19.8 Å². The van der Waals surface area contributed by atoms with Crippen LogP contribution in [0.5, 0.6) is 0 Å². The van der Waals surface area contributed by atoms with Gasteiger partial charge in [-0.15, -0.1) is 0 Å². The summed E-state index contributed by atoms with van der Waals surface area (Å²) in [4.78, 5) is 4.26. The second kappa shape index (κ2) is 5.38. The molecule has 1 fully saturated rings. The summed E-state index contributed by atoms with van der Waals surface area (Å²) in [5, 5.41) is 3.88. The molecule has 1 aliphatic heterocycles. The molecule has 1 aliphatic rings. The average molecular weight is 227 g/mol. The SMILES string of the molecule is CCC(N)Cc1noc(C2COCCO2)n1. The van der Waals surface area contributed by atoms with Gasteiger partial charge in [0.15, 0.2) is 11.9 Å². The first-order chi connectivity index (χ1) is 7.79. The maximum atomic E-state index is 5.82. The van der Waals surface area contributed by atoms with Gasteiger partial charge >= 0.3 is 0 Å². The third-order valence-electron chi connectivity index (χ3n) is 2.54. The van der Waals surface area contributed by atoms with Crippen LogP contribution in [0.25, 0.3) is 0 Å². The number of hydrogen-bond donors (Lipinski definition) is 1. The fourth-order valence-corrected chi connectivity index (χ4v) is 1.49. The van der Waals surface area contributed by atoms with Crippen LogP contribution in [0.15, 0.2) is 4.52 Å². The fraction of sp³-hybridized carbons (Fsp3) is 0.800. The molecule has 2 heterocycles. The van der Waals surface area contributed by atoms with Crippen molar-refractivity contribution in [1.82, 2.24) is 10.1 Å². The van der Waals surface area contributed by atoms with Gasteiger partial charge in [-0.1, -0.05) is 12.1 Å². The summed E-state index contributed by atoms with van der Waals surface area (Å²) in [6, 6.07) is 0.0778. The molecule has 0 spiro atoms. The van der Waals surface area contributed by atoms with Crippen LogP contribution in [-0.2, 0) is 15.9 Å². The van der Waals surface area contributed by atoms with Gasteiger partial charge in [-0.2, -0.15) is 4.98 Å². The van der Waals surface area contributed by atoms with Crippen molar-refractivity contribution in [2.45, 2.75) is 31.9 Å². The summed E-state index contributed by atoms with van der Waals surface area (Å²) in [6.07, 6.45) is 1.30. The van der Waals surface area contributed by atoms with Crippen LogP contribution >= 0.6 is 0 Å². The summed E-state index contributed by atoms with van der Waals surface area (Å²) in [7, 11) is 0. The fourth-order valence-electron chi connectivity index (χ4n) is 1.49. The molecule has 0 aliphatic carbocycles. The quantitative estimate of drug-likeness (QED) is 0.803. The Morgan fingerprint density at radius 3 is 3.06 bits per heavy atom. The largest absolute Gasteiger partial charge is 0.376 e. The second-order valence-corrected chi connectivity index (χ2v) is 3.86. The summed E-state index contributed by atoms with van der Waals surface area (Å²) in [5.74, 6) is 1.12. The maximum Gasteiger partial charge on any atom is 0.258 e. The molecule has 6 nitrogen and oxygen atoms in total. The normalized spacial score (nSPS) is 23.2. The minimum atomic E-state index is -0.229. The van der Waals surface area contributed by atoms with Crippen LogP contribution < -0.4 is 5.73 Å². The maximum absolute atomic E-state index is 5.82. The zero-order valence-electron chi connectivity index (χ0n) is 9.39. The molecular weight excluding hydrogens is 210 g/mol. The third-order valence-corrected chi connectivity index (χ3v) is 2.54. The van der Waals surface area contributed by atoms with Crippen molar-refractivity contribution in [1.29, 1.82) is 0 Å². The second-order valence-electron chi connectivity index (χ2n) is 3.86. The van der Waals surface area contributed by atoms with Gasteiger partial charge in [-0.3, -0.25) is 0 Å². The van der Waals surface area contributed by atoms with Crippen LogP contribution in [0.3, 0.4) is 0 Å². The number of rotatable bonds is 4. The van der Waals surface area contributed by atoms with E-state index in [9.17, 15) is 0 Å². The van der Waals surface area contributed by atoms with Crippen LogP contribution in [-0.4, -0.2) is 36.0 Å². The Labute approximate surface area is 94.1 Å². The molecule has 0 amide bonds. The van der Waals surface area contributed by atoms with Crippen molar-refractivity contribution in [2.75, 3.05) is 19.8 Å². The van der Waals surface area contributed by atoms with E-state index in [1.165, 1.54) is 0 Å². The Kier molecular flexibility index (Phi) is 3.87. The Morgan fingerprint density at radius 2 is 2.38 bits per heavy atom. The standard InChI is InChI=1S/C10H17N3O3/c1-2-7(11)5-9-12-10(16-13-9)8-6-14-3-4-15-8/h7-8H,2-6,11H2,1H3. The van der Waals surface area contributed by atoms with Crippen molar-refractivity contribution < 1.29 is 14.0 Å². The van der Waals surface area contributed by atoms with E-state index in [1.807, 2.05) is 6.92 Å². The van der Waals surface area contributed by atoms with Gasteiger partial charge in [0, 0.05) is 12.5 Å². The number of aromatic nitrogens is 2. The molecule has 0 bridgehead atoms. The molecule has 2 unspecified atom stereocenters. The predicted octanol–water partition coefficient (Wildman–Crippen LogP) is 0.437. The van der Waals surface area contributed by atoms with Crippen molar-refractivity contribution in [3.05, 3.63) is 11.7 Å². The van der Waals surface area contributed by atoms with Gasteiger partial charge in [-0.05, 0) is 6.42 Å². The molecule has 0 radical (unpaired) electrons. The van der Waals surface area contributed by atoms with Crippen molar-refractivity contribution in [2.24, 2.45) is 5.73 Å². The zero-order chi connectivity index (χ0) is 11.4. The Balaban J connectivity index is 1.95. The minimum absolute atomic E-state index is 0.0778. The molecule has 1 aromatic rings. The van der Waals surface area contributed by atoms with Gasteiger partial charge in [0.25, 0.3) is 5.89 Å². The van der Waals surface area contributed by atoms with E-state index in [0.29, 0.717) is 38.0 Å². The van der Waals surface area contributed by atoms with Crippen molar-refractivity contribution in [3.8, 4) is 0 Å². The van der Waals surface area contributed by atoms with E-state index in [2.05, 4.69) is 10.1 Å². The van der Waals surface area contributed by atoms with E-state index in [-0.39, 0.29) is 12.1 Å². The molecule has 2 rings (SSSR count). The molecule has 1 saturated heterocycles. The lowest BCUT2D eigenvalue weighted by atomic mass is 10.2. The lowest BCUT2D eigenvalue weighted by Crippen LogP contribution is -2.23. The van der Waals surface area contributed by atoms with E-state index in [0.717, 1.165) is 6.42 Å². The Morgan fingerprint density at radius 1 is 1.50 bits per heavy atom. The highest BCUT2D eigenvalue weighted by Crippen LogP contribution is 2.18. The van der Waals surface area contributed by atoms with Gasteiger partial charge in [0.1, 0.15) is 0 Å². The van der Waals surface area contributed by atoms with Crippen LogP contribution in [0.4, 0.5) is 0 Å². The molecular formula is C10H17N3O3. The van der Waals surface area contributed by atoms with E-state index >= 15 is 0 Å². The monoisotopic (exact) mass is 227 g/mol. The molecule has 0 aromatic carbocycles. The first-order valence-corrected chi connectivity index (χ1v) is 5.57. The molecule has 90 valence electrons. The van der Waals surface area contributed by atoms with Crippen molar-refractivity contribution >= 4 is 0 Å². The number of nitrogens with two attached hydrogens (primary N) is 1. The highest BCUT2D eigenvalue weighted by Gasteiger charge is 2.23. The molecule has 1 aromatic heterocycles. The Hall–Kier alpha value is -0.980. The number of nitrogens with zero attached hydrogens (tertiary/aromatic N) is 2. The lowest BCUT2D eigenvalue weighted by molar-refractivity contribution is -0.101. The summed E-state index contributed by atoms with van der Waals surface area (Å²) < 4.78 is 15.9. The zero-order valence-corrected chi connectivity index (χ0v) is 9.39. The summed E-state index contributed by atoms with van der Waals surface area (Å²) in [5.41, 5.74) is 5.82. The molecule has 0 saturated carbocycles. The molecule has 2 N–H and O–H groups in total. The Bertz CT molecular complexity index is 323. The summed E-state index contributed by atoms with van der Waals surface area (Å²) in [6.45, 7) is 3.69. The molecule has 6 heteroatoms. The van der Waals surface area contributed by atoms with E-state index in [1.54, 1.807) is 0 Å². The van der Waals surface area contributed by atoms with Crippen molar-refractivity contribution in [3.63, 3.8) is 0 Å². The van der Waals surface area contributed by atoms with E-state index in [4.69, 9.17) is 19.7 Å². The highest BCUT2D eigenvalue weighted by atomic mass is 16.6. The molecule has 2 atom stereocenters. The lowest BCUT2D eigenvalue weighted by Gasteiger charge is -2.19. The average Bonchev–Trinajstić information content (AvgIpc) is 2.78.